The summed E-state index contributed by atoms with van der Waals surface area (Å²) in [6.45, 7) is 6.37. The van der Waals surface area contributed by atoms with E-state index in [9.17, 15) is 4.79 Å². The van der Waals surface area contributed by atoms with Gasteiger partial charge >= 0.3 is 0 Å². The van der Waals surface area contributed by atoms with Gasteiger partial charge in [0.1, 0.15) is 6.54 Å². The molecular weight excluding hydrogens is 212 g/mol. The van der Waals surface area contributed by atoms with Crippen molar-refractivity contribution in [2.24, 2.45) is 0 Å². The van der Waals surface area contributed by atoms with E-state index in [1.807, 2.05) is 57.2 Å². The van der Waals surface area contributed by atoms with Crippen molar-refractivity contribution in [1.82, 2.24) is 4.90 Å². The van der Waals surface area contributed by atoms with Crippen LogP contribution in [0.5, 0.6) is 0 Å². The Morgan fingerprint density at radius 3 is 2.41 bits per heavy atom. The van der Waals surface area contributed by atoms with Gasteiger partial charge in [-0.15, -0.1) is 0 Å². The minimum atomic E-state index is -0.589. The quantitative estimate of drug-likeness (QED) is 0.745. The summed E-state index contributed by atoms with van der Waals surface area (Å²) in [7, 11) is 0. The first kappa shape index (κ1) is 13.2. The number of nitriles is 1. The summed E-state index contributed by atoms with van der Waals surface area (Å²) in [5.74, 6) is -0.00671. The van der Waals surface area contributed by atoms with Crippen LogP contribution in [0.2, 0.25) is 0 Å². The lowest BCUT2D eigenvalue weighted by atomic mass is 9.83. The molecule has 0 aliphatic carbocycles. The molecule has 1 amide bonds. The van der Waals surface area contributed by atoms with Crippen LogP contribution < -0.4 is 0 Å². The van der Waals surface area contributed by atoms with E-state index in [0.29, 0.717) is 6.54 Å². The van der Waals surface area contributed by atoms with Crippen LogP contribution in [0.25, 0.3) is 0 Å². The summed E-state index contributed by atoms with van der Waals surface area (Å²) in [6, 6.07) is 11.7. The molecule has 0 unspecified atom stereocenters. The zero-order valence-electron chi connectivity index (χ0n) is 10.6. The molecule has 0 aliphatic heterocycles. The molecule has 0 bridgehead atoms. The highest BCUT2D eigenvalue weighted by molar-refractivity contribution is 5.87. The minimum Gasteiger partial charge on any atom is -0.329 e. The molecule has 0 radical (unpaired) electrons. The van der Waals surface area contributed by atoms with Gasteiger partial charge in [-0.3, -0.25) is 4.79 Å². The smallest absolute Gasteiger partial charge is 0.233 e. The van der Waals surface area contributed by atoms with Gasteiger partial charge in [-0.1, -0.05) is 30.3 Å². The van der Waals surface area contributed by atoms with Crippen molar-refractivity contribution >= 4 is 5.91 Å². The summed E-state index contributed by atoms with van der Waals surface area (Å²) >= 11 is 0. The van der Waals surface area contributed by atoms with Gasteiger partial charge in [-0.05, 0) is 26.3 Å². The molecule has 17 heavy (non-hydrogen) atoms. The van der Waals surface area contributed by atoms with Crippen LogP contribution >= 0.6 is 0 Å². The highest BCUT2D eigenvalue weighted by Crippen LogP contribution is 2.25. The molecule has 1 aromatic carbocycles. The third-order valence-electron chi connectivity index (χ3n) is 2.96. The topological polar surface area (TPSA) is 44.1 Å². The maximum absolute atomic E-state index is 12.4. The number of hydrogen-bond donors (Lipinski definition) is 0. The van der Waals surface area contributed by atoms with E-state index in [1.165, 1.54) is 0 Å². The van der Waals surface area contributed by atoms with Gasteiger partial charge in [-0.2, -0.15) is 5.26 Å². The van der Waals surface area contributed by atoms with Gasteiger partial charge < -0.3 is 4.90 Å². The Morgan fingerprint density at radius 2 is 1.94 bits per heavy atom. The monoisotopic (exact) mass is 230 g/mol. The number of carbonyl (C=O) groups excluding carboxylic acids is 1. The average molecular weight is 230 g/mol. The van der Waals surface area contributed by atoms with E-state index in [4.69, 9.17) is 5.26 Å². The summed E-state index contributed by atoms with van der Waals surface area (Å²) in [5.41, 5.74) is 0.384. The highest BCUT2D eigenvalue weighted by atomic mass is 16.2. The Balaban J connectivity index is 2.98. The molecule has 0 atom stereocenters. The molecule has 0 saturated carbocycles. The molecule has 0 N–H and O–H groups in total. The van der Waals surface area contributed by atoms with Crippen LogP contribution in [0, 0.1) is 11.3 Å². The van der Waals surface area contributed by atoms with E-state index in [1.54, 1.807) is 4.90 Å². The lowest BCUT2D eigenvalue weighted by Gasteiger charge is -2.30. The van der Waals surface area contributed by atoms with Gasteiger partial charge in [0.05, 0.1) is 11.5 Å². The third-order valence-corrected chi connectivity index (χ3v) is 2.96. The summed E-state index contributed by atoms with van der Waals surface area (Å²) in [5, 5.41) is 8.71. The summed E-state index contributed by atoms with van der Waals surface area (Å²) in [6.07, 6.45) is 0. The fourth-order valence-corrected chi connectivity index (χ4v) is 1.79. The molecule has 90 valence electrons. The van der Waals surface area contributed by atoms with E-state index in [-0.39, 0.29) is 12.5 Å². The summed E-state index contributed by atoms with van der Waals surface area (Å²) in [4.78, 5) is 13.9. The molecule has 3 heteroatoms. The van der Waals surface area contributed by atoms with Crippen LogP contribution in [0.3, 0.4) is 0 Å². The fourth-order valence-electron chi connectivity index (χ4n) is 1.79. The van der Waals surface area contributed by atoms with E-state index < -0.39 is 5.41 Å². The molecule has 0 fully saturated rings. The largest absolute Gasteiger partial charge is 0.329 e. The minimum absolute atomic E-state index is 0.00671. The normalized spacial score (nSPS) is 10.7. The Kier molecular flexibility index (Phi) is 4.28. The lowest BCUT2D eigenvalue weighted by molar-refractivity contribution is -0.135. The zero-order valence-corrected chi connectivity index (χ0v) is 10.6. The average Bonchev–Trinajstić information content (AvgIpc) is 2.36. The number of hydrogen-bond acceptors (Lipinski definition) is 2. The van der Waals surface area contributed by atoms with Crippen molar-refractivity contribution in [3.8, 4) is 6.07 Å². The van der Waals surface area contributed by atoms with Crippen LogP contribution in [-0.2, 0) is 10.2 Å². The third kappa shape index (κ3) is 2.85. The predicted molar refractivity (Wildman–Crippen MR) is 67.3 cm³/mol. The summed E-state index contributed by atoms with van der Waals surface area (Å²) < 4.78 is 0. The van der Waals surface area contributed by atoms with Crippen molar-refractivity contribution in [3.05, 3.63) is 35.9 Å². The number of benzene rings is 1. The van der Waals surface area contributed by atoms with E-state index >= 15 is 0 Å². The first-order valence-electron chi connectivity index (χ1n) is 5.76. The fraction of sp³-hybridized carbons (Fsp3) is 0.429. The van der Waals surface area contributed by atoms with Crippen molar-refractivity contribution < 1.29 is 4.79 Å². The van der Waals surface area contributed by atoms with Gasteiger partial charge in [0.2, 0.25) is 5.91 Å². The van der Waals surface area contributed by atoms with Crippen molar-refractivity contribution in [1.29, 1.82) is 5.26 Å². The lowest BCUT2D eigenvalue weighted by Crippen LogP contribution is -2.43. The van der Waals surface area contributed by atoms with Crippen LogP contribution in [0.1, 0.15) is 26.3 Å². The standard InChI is InChI=1S/C14H18N2O/c1-4-16(11-10-15)13(17)14(2,3)12-8-6-5-7-9-12/h5-9H,4,11H2,1-3H3. The highest BCUT2D eigenvalue weighted by Gasteiger charge is 2.32. The van der Waals surface area contributed by atoms with Gasteiger partial charge in [0.15, 0.2) is 0 Å². The van der Waals surface area contributed by atoms with Crippen molar-refractivity contribution in [2.75, 3.05) is 13.1 Å². The van der Waals surface area contributed by atoms with E-state index in [2.05, 4.69) is 0 Å². The molecule has 3 nitrogen and oxygen atoms in total. The molecule has 1 aromatic rings. The number of likely N-dealkylation sites (N-methyl/N-ethyl adjacent to an activating group) is 1. The van der Waals surface area contributed by atoms with Crippen molar-refractivity contribution in [2.45, 2.75) is 26.2 Å². The predicted octanol–water partition coefficient (Wildman–Crippen LogP) is 2.34. The maximum atomic E-state index is 12.4. The van der Waals surface area contributed by atoms with Gasteiger partial charge in [0, 0.05) is 6.54 Å². The number of rotatable bonds is 4. The number of carbonyl (C=O) groups is 1. The second kappa shape index (κ2) is 5.49. The zero-order chi connectivity index (χ0) is 12.9. The number of nitrogens with zero attached hydrogens (tertiary/aromatic N) is 2. The first-order chi connectivity index (χ1) is 8.04. The molecule has 0 heterocycles. The number of amides is 1. The molecule has 0 aromatic heterocycles. The van der Waals surface area contributed by atoms with Gasteiger partial charge in [0.25, 0.3) is 0 Å². The van der Waals surface area contributed by atoms with Gasteiger partial charge in [-0.25, -0.2) is 0 Å². The van der Waals surface area contributed by atoms with E-state index in [0.717, 1.165) is 5.56 Å². The van der Waals surface area contributed by atoms with Crippen LogP contribution in [0.4, 0.5) is 0 Å². The molecule has 0 spiro atoms. The SMILES string of the molecule is CCN(CC#N)C(=O)C(C)(C)c1ccccc1. The van der Waals surface area contributed by atoms with Crippen LogP contribution in [0.15, 0.2) is 30.3 Å². The van der Waals surface area contributed by atoms with Crippen LogP contribution in [-0.4, -0.2) is 23.9 Å². The Hall–Kier alpha value is -1.82. The first-order valence-corrected chi connectivity index (χ1v) is 5.76. The molecule has 1 rings (SSSR count). The second-order valence-corrected chi connectivity index (χ2v) is 4.47. The van der Waals surface area contributed by atoms with Crippen molar-refractivity contribution in [3.63, 3.8) is 0 Å². The Labute approximate surface area is 103 Å². The molecular formula is C14H18N2O. The molecule has 0 saturated heterocycles. The Morgan fingerprint density at radius 1 is 1.35 bits per heavy atom. The molecule has 0 aliphatic rings. The second-order valence-electron chi connectivity index (χ2n) is 4.47. The maximum Gasteiger partial charge on any atom is 0.233 e. The Bertz CT molecular complexity index is 418.